The third-order valence-electron chi connectivity index (χ3n) is 5.53. The molecule has 168 valence electrons. The Balaban J connectivity index is 1.39. The van der Waals surface area contributed by atoms with Crippen molar-refractivity contribution in [3.8, 4) is 11.1 Å². The lowest BCUT2D eigenvalue weighted by molar-refractivity contribution is -0.119. The average Bonchev–Trinajstić information content (AvgIpc) is 3.32. The fourth-order valence-corrected chi connectivity index (χ4v) is 3.91. The smallest absolute Gasteiger partial charge is 0.335 e. The zero-order valence-electron chi connectivity index (χ0n) is 17.6. The highest BCUT2D eigenvalue weighted by Gasteiger charge is 2.34. The number of urea groups is 1. The standard InChI is InChI=1S/C25H22ClN3O4/c26-19-9-13-21(14-10-19)28-25(33)29-15-1-2-22(29)23(30)27-20-11-7-17(8-12-20)16-3-5-18(6-4-16)24(31)32/h3-14,22H,1-2,15H2,(H,27,30)(H,28,33)(H,31,32). The maximum Gasteiger partial charge on any atom is 0.335 e. The number of hydrogen-bond acceptors (Lipinski definition) is 3. The van der Waals surface area contributed by atoms with Gasteiger partial charge < -0.3 is 20.6 Å². The number of carbonyl (C=O) groups is 3. The van der Waals surface area contributed by atoms with Crippen LogP contribution in [-0.2, 0) is 4.79 Å². The Morgan fingerprint density at radius 1 is 0.818 bits per heavy atom. The molecule has 1 heterocycles. The van der Waals surface area contributed by atoms with Gasteiger partial charge in [-0.15, -0.1) is 0 Å². The van der Waals surface area contributed by atoms with Crippen molar-refractivity contribution in [1.82, 2.24) is 4.90 Å². The van der Waals surface area contributed by atoms with Crippen LogP contribution in [-0.4, -0.2) is 40.5 Å². The van der Waals surface area contributed by atoms with Crippen LogP contribution in [0.4, 0.5) is 16.2 Å². The maximum absolute atomic E-state index is 12.9. The lowest BCUT2D eigenvalue weighted by Gasteiger charge is -2.24. The summed E-state index contributed by atoms with van der Waals surface area (Å²) in [5.74, 6) is -1.21. The number of carbonyl (C=O) groups excluding carboxylic acids is 2. The highest BCUT2D eigenvalue weighted by molar-refractivity contribution is 6.30. The van der Waals surface area contributed by atoms with Gasteiger partial charge in [0.2, 0.25) is 5.91 Å². The van der Waals surface area contributed by atoms with Gasteiger partial charge in [-0.05, 0) is 72.5 Å². The number of aromatic carboxylic acids is 1. The van der Waals surface area contributed by atoms with E-state index in [0.717, 1.165) is 17.5 Å². The van der Waals surface area contributed by atoms with Crippen LogP contribution >= 0.6 is 11.6 Å². The number of nitrogens with one attached hydrogen (secondary N) is 2. The molecule has 7 nitrogen and oxygen atoms in total. The highest BCUT2D eigenvalue weighted by Crippen LogP contribution is 2.24. The van der Waals surface area contributed by atoms with Crippen LogP contribution in [0.3, 0.4) is 0 Å². The van der Waals surface area contributed by atoms with E-state index in [1.807, 2.05) is 12.1 Å². The third kappa shape index (κ3) is 5.32. The quantitative estimate of drug-likeness (QED) is 0.475. The van der Waals surface area contributed by atoms with Crippen LogP contribution in [0, 0.1) is 0 Å². The molecule has 0 saturated carbocycles. The molecule has 1 aliphatic rings. The van der Waals surface area contributed by atoms with Crippen LogP contribution in [0.5, 0.6) is 0 Å². The maximum atomic E-state index is 12.9. The molecule has 3 aromatic carbocycles. The molecule has 1 fully saturated rings. The van der Waals surface area contributed by atoms with Gasteiger partial charge in [-0.3, -0.25) is 4.79 Å². The molecule has 0 spiro atoms. The van der Waals surface area contributed by atoms with Gasteiger partial charge >= 0.3 is 12.0 Å². The second-order valence-electron chi connectivity index (χ2n) is 7.74. The van der Waals surface area contributed by atoms with Gasteiger partial charge in [0, 0.05) is 22.9 Å². The summed E-state index contributed by atoms with van der Waals surface area (Å²) in [7, 11) is 0. The van der Waals surface area contributed by atoms with Crippen molar-refractivity contribution in [2.45, 2.75) is 18.9 Å². The molecule has 0 aliphatic carbocycles. The van der Waals surface area contributed by atoms with Gasteiger partial charge in [0.1, 0.15) is 6.04 Å². The van der Waals surface area contributed by atoms with Crippen molar-refractivity contribution in [2.75, 3.05) is 17.2 Å². The van der Waals surface area contributed by atoms with E-state index in [9.17, 15) is 14.4 Å². The van der Waals surface area contributed by atoms with Crippen LogP contribution in [0.1, 0.15) is 23.2 Å². The number of hydrogen-bond donors (Lipinski definition) is 3. The molecule has 1 saturated heterocycles. The summed E-state index contributed by atoms with van der Waals surface area (Å²) in [5, 5.41) is 15.3. The largest absolute Gasteiger partial charge is 0.478 e. The SMILES string of the molecule is O=C(O)c1ccc(-c2ccc(NC(=O)C3CCCN3C(=O)Nc3ccc(Cl)cc3)cc2)cc1. The summed E-state index contributed by atoms with van der Waals surface area (Å²) < 4.78 is 0. The molecule has 33 heavy (non-hydrogen) atoms. The molecule has 4 rings (SSSR count). The molecular weight excluding hydrogens is 442 g/mol. The van der Waals surface area contributed by atoms with E-state index < -0.39 is 12.0 Å². The monoisotopic (exact) mass is 463 g/mol. The summed E-state index contributed by atoms with van der Waals surface area (Å²) >= 11 is 5.88. The lowest BCUT2D eigenvalue weighted by atomic mass is 10.0. The van der Waals surface area contributed by atoms with Crippen molar-refractivity contribution in [3.05, 3.63) is 83.4 Å². The first-order valence-corrected chi connectivity index (χ1v) is 10.9. The molecule has 1 aliphatic heterocycles. The van der Waals surface area contributed by atoms with E-state index in [0.29, 0.717) is 29.4 Å². The van der Waals surface area contributed by atoms with E-state index in [1.54, 1.807) is 65.6 Å². The minimum atomic E-state index is -0.970. The molecule has 0 radical (unpaired) electrons. The van der Waals surface area contributed by atoms with Crippen molar-refractivity contribution in [1.29, 1.82) is 0 Å². The molecule has 8 heteroatoms. The number of nitrogens with zero attached hydrogens (tertiary/aromatic N) is 1. The fraction of sp³-hybridized carbons (Fsp3) is 0.160. The van der Waals surface area contributed by atoms with Gasteiger partial charge in [0.05, 0.1) is 5.56 Å². The Bertz CT molecular complexity index is 1160. The Morgan fingerprint density at radius 2 is 1.36 bits per heavy atom. The molecule has 0 aromatic heterocycles. The fourth-order valence-electron chi connectivity index (χ4n) is 3.79. The zero-order valence-corrected chi connectivity index (χ0v) is 18.4. The summed E-state index contributed by atoms with van der Waals surface area (Å²) in [6.07, 6.45) is 1.34. The number of benzene rings is 3. The lowest BCUT2D eigenvalue weighted by Crippen LogP contribution is -2.45. The van der Waals surface area contributed by atoms with E-state index in [2.05, 4.69) is 10.6 Å². The number of carboxylic acid groups (broad SMARTS) is 1. The van der Waals surface area contributed by atoms with Crippen molar-refractivity contribution in [3.63, 3.8) is 0 Å². The molecule has 3 amide bonds. The van der Waals surface area contributed by atoms with Crippen molar-refractivity contribution < 1.29 is 19.5 Å². The van der Waals surface area contributed by atoms with E-state index in [4.69, 9.17) is 16.7 Å². The van der Waals surface area contributed by atoms with Gasteiger partial charge in [0.15, 0.2) is 0 Å². The van der Waals surface area contributed by atoms with Gasteiger partial charge in [-0.1, -0.05) is 35.9 Å². The van der Waals surface area contributed by atoms with Crippen LogP contribution in [0.15, 0.2) is 72.8 Å². The Morgan fingerprint density at radius 3 is 1.97 bits per heavy atom. The molecule has 1 atom stereocenters. The van der Waals surface area contributed by atoms with Crippen LogP contribution in [0.25, 0.3) is 11.1 Å². The number of likely N-dealkylation sites (tertiary alicyclic amines) is 1. The average molecular weight is 464 g/mol. The Hall–Kier alpha value is -3.84. The molecular formula is C25H22ClN3O4. The summed E-state index contributed by atoms with van der Waals surface area (Å²) in [5.41, 5.74) is 3.23. The second-order valence-corrected chi connectivity index (χ2v) is 8.17. The van der Waals surface area contributed by atoms with Crippen LogP contribution < -0.4 is 10.6 Å². The number of carboxylic acids is 1. The molecule has 0 bridgehead atoms. The molecule has 3 aromatic rings. The van der Waals surface area contributed by atoms with Crippen molar-refractivity contribution >= 4 is 40.9 Å². The first-order chi connectivity index (χ1) is 15.9. The second kappa shape index (κ2) is 9.75. The Labute approximate surface area is 196 Å². The summed E-state index contributed by atoms with van der Waals surface area (Å²) in [6.45, 7) is 0.503. The minimum absolute atomic E-state index is 0.226. The predicted molar refractivity (Wildman–Crippen MR) is 128 cm³/mol. The molecule has 3 N–H and O–H groups in total. The minimum Gasteiger partial charge on any atom is -0.478 e. The van der Waals surface area contributed by atoms with E-state index in [1.165, 1.54) is 0 Å². The zero-order chi connectivity index (χ0) is 23.4. The third-order valence-corrected chi connectivity index (χ3v) is 5.78. The highest BCUT2D eigenvalue weighted by atomic mass is 35.5. The van der Waals surface area contributed by atoms with Gasteiger partial charge in [0.25, 0.3) is 0 Å². The topological polar surface area (TPSA) is 98.7 Å². The summed E-state index contributed by atoms with van der Waals surface area (Å²) in [4.78, 5) is 38.1. The van der Waals surface area contributed by atoms with Crippen molar-refractivity contribution in [2.24, 2.45) is 0 Å². The number of amides is 3. The Kier molecular flexibility index (Phi) is 6.60. The number of rotatable bonds is 5. The molecule has 1 unspecified atom stereocenters. The summed E-state index contributed by atoms with van der Waals surface area (Å²) in [6, 6.07) is 19.8. The van der Waals surface area contributed by atoms with Gasteiger partial charge in [-0.25, -0.2) is 9.59 Å². The first-order valence-electron chi connectivity index (χ1n) is 10.5. The van der Waals surface area contributed by atoms with Gasteiger partial charge in [-0.2, -0.15) is 0 Å². The van der Waals surface area contributed by atoms with E-state index >= 15 is 0 Å². The normalized spacial score (nSPS) is 15.2. The van der Waals surface area contributed by atoms with E-state index in [-0.39, 0.29) is 17.5 Å². The predicted octanol–water partition coefficient (Wildman–Crippen LogP) is 5.34. The number of halogens is 1. The number of anilines is 2. The first kappa shape index (κ1) is 22.4. The van der Waals surface area contributed by atoms with Crippen LogP contribution in [0.2, 0.25) is 5.02 Å².